The Labute approximate surface area is 117 Å². The van der Waals surface area contributed by atoms with Crippen molar-refractivity contribution in [3.8, 4) is 6.07 Å². The molecule has 2 nitrogen and oxygen atoms in total. The Hall–Kier alpha value is -1.33. The summed E-state index contributed by atoms with van der Waals surface area (Å²) < 4.78 is 0. The average molecular weight is 256 g/mol. The Morgan fingerprint density at radius 3 is 2.11 bits per heavy atom. The highest BCUT2D eigenvalue weighted by atomic mass is 15.1. The Bertz CT molecular complexity index is 463. The highest BCUT2D eigenvalue weighted by Crippen LogP contribution is 2.56. The van der Waals surface area contributed by atoms with E-state index in [-0.39, 0.29) is 11.5 Å². The van der Waals surface area contributed by atoms with Gasteiger partial charge in [-0.15, -0.1) is 0 Å². The molecule has 102 valence electrons. The van der Waals surface area contributed by atoms with Crippen LogP contribution in [-0.4, -0.2) is 19.0 Å². The lowest BCUT2D eigenvalue weighted by Gasteiger charge is -2.29. The van der Waals surface area contributed by atoms with Gasteiger partial charge in [0.25, 0.3) is 0 Å². The van der Waals surface area contributed by atoms with E-state index in [0.29, 0.717) is 5.92 Å². The van der Waals surface area contributed by atoms with Crippen molar-refractivity contribution >= 4 is 0 Å². The van der Waals surface area contributed by atoms with Gasteiger partial charge < -0.3 is 4.90 Å². The van der Waals surface area contributed by atoms with E-state index < -0.39 is 0 Å². The zero-order chi connectivity index (χ0) is 14.0. The first-order valence-corrected chi connectivity index (χ1v) is 7.21. The van der Waals surface area contributed by atoms with E-state index in [9.17, 15) is 5.26 Å². The maximum atomic E-state index is 9.44. The lowest BCUT2D eigenvalue weighted by atomic mass is 9.88. The minimum atomic E-state index is -0.151. The van der Waals surface area contributed by atoms with Crippen molar-refractivity contribution in [1.82, 2.24) is 4.90 Å². The number of hydrogen-bond acceptors (Lipinski definition) is 2. The van der Waals surface area contributed by atoms with Gasteiger partial charge in [0.2, 0.25) is 0 Å². The van der Waals surface area contributed by atoms with Crippen molar-refractivity contribution in [2.75, 3.05) is 14.1 Å². The monoisotopic (exact) mass is 256 g/mol. The second kappa shape index (κ2) is 5.35. The topological polar surface area (TPSA) is 27.0 Å². The minimum Gasteiger partial charge on any atom is -0.301 e. The van der Waals surface area contributed by atoms with Crippen LogP contribution in [0.15, 0.2) is 24.3 Å². The maximum absolute atomic E-state index is 9.44. The van der Waals surface area contributed by atoms with Crippen LogP contribution in [0.5, 0.6) is 0 Å². The van der Waals surface area contributed by atoms with Gasteiger partial charge in [0.05, 0.1) is 17.5 Å². The molecule has 19 heavy (non-hydrogen) atoms. The molecule has 1 saturated carbocycles. The van der Waals surface area contributed by atoms with Crippen LogP contribution in [0.4, 0.5) is 0 Å². The molecule has 1 aliphatic rings. The molecule has 1 aromatic rings. The summed E-state index contributed by atoms with van der Waals surface area (Å²) in [4.78, 5) is 2.19. The van der Waals surface area contributed by atoms with Gasteiger partial charge in [-0.1, -0.05) is 38.1 Å². The summed E-state index contributed by atoms with van der Waals surface area (Å²) >= 11 is 0. The highest BCUT2D eigenvalue weighted by Gasteiger charge is 2.51. The van der Waals surface area contributed by atoms with E-state index >= 15 is 0 Å². The third-order valence-corrected chi connectivity index (χ3v) is 4.48. The minimum absolute atomic E-state index is 0.151. The molecule has 2 atom stereocenters. The molecule has 2 heteroatoms. The van der Waals surface area contributed by atoms with Crippen molar-refractivity contribution in [1.29, 1.82) is 5.26 Å². The normalized spacial score (nSPS) is 19.8. The van der Waals surface area contributed by atoms with Gasteiger partial charge in [0, 0.05) is 0 Å². The van der Waals surface area contributed by atoms with E-state index in [1.807, 2.05) is 0 Å². The van der Waals surface area contributed by atoms with Crippen molar-refractivity contribution < 1.29 is 0 Å². The summed E-state index contributed by atoms with van der Waals surface area (Å²) in [6.45, 7) is 4.48. The third-order valence-electron chi connectivity index (χ3n) is 4.48. The van der Waals surface area contributed by atoms with E-state index in [2.05, 4.69) is 63.2 Å². The van der Waals surface area contributed by atoms with Crippen molar-refractivity contribution in [2.45, 2.75) is 45.1 Å². The van der Waals surface area contributed by atoms with Crippen LogP contribution >= 0.6 is 0 Å². The molecule has 0 spiro atoms. The molecule has 2 unspecified atom stereocenters. The van der Waals surface area contributed by atoms with Gasteiger partial charge >= 0.3 is 0 Å². The largest absolute Gasteiger partial charge is 0.301 e. The van der Waals surface area contributed by atoms with Gasteiger partial charge in [0.1, 0.15) is 0 Å². The van der Waals surface area contributed by atoms with Crippen molar-refractivity contribution in [3.05, 3.63) is 35.4 Å². The smallest absolute Gasteiger partial charge is 0.0771 e. The number of rotatable bonds is 5. The summed E-state index contributed by atoms with van der Waals surface area (Å²) in [5.74, 6) is 0.609. The molecule has 0 N–H and O–H groups in total. The summed E-state index contributed by atoms with van der Waals surface area (Å²) in [5.41, 5.74) is 2.52. The molecular weight excluding hydrogens is 232 g/mol. The molecule has 1 fully saturated rings. The molecule has 0 bridgehead atoms. The summed E-state index contributed by atoms with van der Waals surface area (Å²) in [6, 6.07) is 11.6. The number of benzene rings is 1. The molecule has 1 aromatic carbocycles. The molecule has 0 aromatic heterocycles. The highest BCUT2D eigenvalue weighted by molar-refractivity contribution is 5.32. The fourth-order valence-electron chi connectivity index (χ4n) is 2.94. The molecule has 1 aliphatic carbocycles. The predicted molar refractivity (Wildman–Crippen MR) is 78.9 cm³/mol. The van der Waals surface area contributed by atoms with E-state index in [0.717, 1.165) is 12.8 Å². The Balaban J connectivity index is 2.27. The SMILES string of the molecule is CCC(C)c1ccc(C(N(C)C)C2(C#N)CC2)cc1. The molecule has 0 radical (unpaired) electrons. The Kier molecular flexibility index (Phi) is 3.96. The molecule has 0 heterocycles. The lowest BCUT2D eigenvalue weighted by molar-refractivity contribution is 0.232. The standard InChI is InChI=1S/C17H24N2/c1-5-13(2)14-6-8-15(9-7-14)16(19(3)4)17(12-18)10-11-17/h6-9,13,16H,5,10-11H2,1-4H3. The van der Waals surface area contributed by atoms with Gasteiger partial charge in [-0.05, 0) is 50.4 Å². The maximum Gasteiger partial charge on any atom is 0.0771 e. The Morgan fingerprint density at radius 1 is 1.21 bits per heavy atom. The van der Waals surface area contributed by atoms with Crippen LogP contribution in [0, 0.1) is 16.7 Å². The summed E-state index contributed by atoms with van der Waals surface area (Å²) in [7, 11) is 4.15. The van der Waals surface area contributed by atoms with Crippen LogP contribution in [0.3, 0.4) is 0 Å². The van der Waals surface area contributed by atoms with Crippen molar-refractivity contribution in [2.24, 2.45) is 5.41 Å². The number of nitrogens with zero attached hydrogens (tertiary/aromatic N) is 2. The molecular formula is C17H24N2. The first-order valence-electron chi connectivity index (χ1n) is 7.21. The quantitative estimate of drug-likeness (QED) is 0.793. The summed E-state index contributed by atoms with van der Waals surface area (Å²) in [5, 5.41) is 9.44. The van der Waals surface area contributed by atoms with Gasteiger partial charge in [-0.3, -0.25) is 0 Å². The van der Waals surface area contributed by atoms with Gasteiger partial charge in [-0.25, -0.2) is 0 Å². The van der Waals surface area contributed by atoms with E-state index in [1.54, 1.807) is 0 Å². The zero-order valence-corrected chi connectivity index (χ0v) is 12.5. The fourth-order valence-corrected chi connectivity index (χ4v) is 2.94. The van der Waals surface area contributed by atoms with Crippen molar-refractivity contribution in [3.63, 3.8) is 0 Å². The summed E-state index contributed by atoms with van der Waals surface area (Å²) in [6.07, 6.45) is 3.22. The Morgan fingerprint density at radius 2 is 1.74 bits per heavy atom. The van der Waals surface area contributed by atoms with E-state index in [1.165, 1.54) is 17.5 Å². The van der Waals surface area contributed by atoms with Crippen LogP contribution in [0.1, 0.15) is 56.2 Å². The molecule has 0 amide bonds. The number of hydrogen-bond donors (Lipinski definition) is 0. The lowest BCUT2D eigenvalue weighted by Crippen LogP contribution is -2.27. The van der Waals surface area contributed by atoms with Gasteiger partial charge in [-0.2, -0.15) is 5.26 Å². The second-order valence-electron chi connectivity index (χ2n) is 6.11. The first kappa shape index (κ1) is 14.1. The fraction of sp³-hybridized carbons (Fsp3) is 0.588. The van der Waals surface area contributed by atoms with E-state index in [4.69, 9.17) is 0 Å². The molecule has 0 aliphatic heterocycles. The molecule has 0 saturated heterocycles. The van der Waals surface area contributed by atoms with Crippen LogP contribution < -0.4 is 0 Å². The van der Waals surface area contributed by atoms with Crippen LogP contribution in [0.2, 0.25) is 0 Å². The second-order valence-corrected chi connectivity index (χ2v) is 6.11. The van der Waals surface area contributed by atoms with Crippen LogP contribution in [0.25, 0.3) is 0 Å². The first-order chi connectivity index (χ1) is 9.04. The predicted octanol–water partition coefficient (Wildman–Crippen LogP) is 4.11. The number of nitriles is 1. The third kappa shape index (κ3) is 2.67. The van der Waals surface area contributed by atoms with Gasteiger partial charge in [0.15, 0.2) is 0 Å². The zero-order valence-electron chi connectivity index (χ0n) is 12.5. The molecule has 2 rings (SSSR count). The van der Waals surface area contributed by atoms with Crippen LogP contribution in [-0.2, 0) is 0 Å². The average Bonchev–Trinajstić information content (AvgIpc) is 3.19.